The lowest BCUT2D eigenvalue weighted by Gasteiger charge is -2.11. The number of benzene rings is 5. The van der Waals surface area contributed by atoms with Gasteiger partial charge in [0.2, 0.25) is 5.95 Å². The van der Waals surface area contributed by atoms with Crippen LogP contribution < -0.4 is 0 Å². The molecule has 0 N–H and O–H groups in total. The molecular formula is C34H21N3S. The van der Waals surface area contributed by atoms with Gasteiger partial charge in [-0.25, -0.2) is 9.97 Å². The third-order valence-electron chi connectivity index (χ3n) is 7.33. The molecule has 38 heavy (non-hydrogen) atoms. The van der Waals surface area contributed by atoms with Crippen molar-refractivity contribution in [2.75, 3.05) is 0 Å². The van der Waals surface area contributed by atoms with Crippen LogP contribution in [0.15, 0.2) is 127 Å². The number of nitrogens with zero attached hydrogens (tertiary/aromatic N) is 3. The van der Waals surface area contributed by atoms with Crippen molar-refractivity contribution >= 4 is 54.1 Å². The normalized spacial score (nSPS) is 11.7. The predicted octanol–water partition coefficient (Wildman–Crippen LogP) is 9.28. The minimum atomic E-state index is 0.696. The largest absolute Gasteiger partial charge is 0.278 e. The van der Waals surface area contributed by atoms with Crippen molar-refractivity contribution in [2.24, 2.45) is 0 Å². The highest BCUT2D eigenvalue weighted by molar-refractivity contribution is 7.17. The van der Waals surface area contributed by atoms with E-state index in [4.69, 9.17) is 9.97 Å². The average Bonchev–Trinajstić information content (AvgIpc) is 3.59. The number of aromatic nitrogens is 3. The molecule has 0 fully saturated rings. The quantitative estimate of drug-likeness (QED) is 0.240. The van der Waals surface area contributed by atoms with Gasteiger partial charge < -0.3 is 0 Å². The van der Waals surface area contributed by atoms with Crippen molar-refractivity contribution in [1.82, 2.24) is 14.5 Å². The molecule has 0 radical (unpaired) electrons. The van der Waals surface area contributed by atoms with Crippen LogP contribution in [0, 0.1) is 0 Å². The summed E-state index contributed by atoms with van der Waals surface area (Å²) < 4.78 is 3.29. The fourth-order valence-corrected chi connectivity index (χ4v) is 6.41. The third kappa shape index (κ3) is 3.21. The fourth-order valence-electron chi connectivity index (χ4n) is 5.57. The van der Waals surface area contributed by atoms with E-state index in [1.165, 1.54) is 32.7 Å². The lowest BCUT2D eigenvalue weighted by Crippen LogP contribution is -2.02. The molecule has 0 atom stereocenters. The molecule has 4 heteroatoms. The summed E-state index contributed by atoms with van der Waals surface area (Å²) in [7, 11) is 0. The molecule has 0 amide bonds. The molecule has 0 saturated carbocycles. The van der Waals surface area contributed by atoms with Crippen LogP contribution in [0.5, 0.6) is 0 Å². The minimum Gasteiger partial charge on any atom is -0.278 e. The van der Waals surface area contributed by atoms with Gasteiger partial charge in [0.05, 0.1) is 26.9 Å². The van der Waals surface area contributed by atoms with Crippen LogP contribution in [0.25, 0.3) is 71.1 Å². The molecule has 3 heterocycles. The predicted molar refractivity (Wildman–Crippen MR) is 160 cm³/mol. The zero-order valence-electron chi connectivity index (χ0n) is 20.4. The molecule has 0 unspecified atom stereocenters. The van der Waals surface area contributed by atoms with E-state index in [-0.39, 0.29) is 0 Å². The molecule has 0 aliphatic heterocycles. The number of hydrogen-bond donors (Lipinski definition) is 0. The van der Waals surface area contributed by atoms with Gasteiger partial charge in [-0.2, -0.15) is 0 Å². The van der Waals surface area contributed by atoms with Crippen LogP contribution >= 0.6 is 11.3 Å². The third-order valence-corrected chi connectivity index (χ3v) is 8.24. The van der Waals surface area contributed by atoms with Gasteiger partial charge in [-0.05, 0) is 45.5 Å². The number of fused-ring (bicyclic) bond motifs is 5. The molecule has 3 nitrogen and oxygen atoms in total. The Morgan fingerprint density at radius 1 is 0.526 bits per heavy atom. The molecule has 0 aliphatic carbocycles. The maximum absolute atomic E-state index is 5.20. The summed E-state index contributed by atoms with van der Waals surface area (Å²) >= 11 is 1.69. The zero-order valence-corrected chi connectivity index (χ0v) is 21.2. The van der Waals surface area contributed by atoms with Crippen LogP contribution in [0.3, 0.4) is 0 Å². The summed E-state index contributed by atoms with van der Waals surface area (Å²) in [6.07, 6.45) is 0. The Labute approximate surface area is 223 Å². The Bertz CT molecular complexity index is 2080. The maximum Gasteiger partial charge on any atom is 0.235 e. The Morgan fingerprint density at radius 3 is 1.92 bits per heavy atom. The first-order chi connectivity index (χ1) is 18.8. The van der Waals surface area contributed by atoms with Crippen molar-refractivity contribution in [3.63, 3.8) is 0 Å². The Balaban J connectivity index is 1.32. The Kier molecular flexibility index (Phi) is 4.69. The van der Waals surface area contributed by atoms with E-state index in [2.05, 4.69) is 131 Å². The summed E-state index contributed by atoms with van der Waals surface area (Å²) in [5, 5.41) is 7.03. The van der Waals surface area contributed by atoms with E-state index in [9.17, 15) is 0 Å². The van der Waals surface area contributed by atoms with Crippen LogP contribution in [-0.2, 0) is 0 Å². The van der Waals surface area contributed by atoms with Crippen LogP contribution in [-0.4, -0.2) is 14.5 Å². The minimum absolute atomic E-state index is 0.696. The topological polar surface area (TPSA) is 30.7 Å². The first kappa shape index (κ1) is 21.3. The number of rotatable bonds is 3. The number of thiophene rings is 1. The molecule has 8 rings (SSSR count). The summed E-state index contributed by atoms with van der Waals surface area (Å²) in [4.78, 5) is 10.2. The van der Waals surface area contributed by atoms with Gasteiger partial charge in [0.25, 0.3) is 0 Å². The molecule has 0 aliphatic rings. The van der Waals surface area contributed by atoms with Crippen LogP contribution in [0.4, 0.5) is 0 Å². The summed E-state index contributed by atoms with van der Waals surface area (Å²) in [6.45, 7) is 0. The second-order valence-electron chi connectivity index (χ2n) is 9.48. The molecule has 0 spiro atoms. The molecule has 178 valence electrons. The first-order valence-corrected chi connectivity index (χ1v) is 13.6. The van der Waals surface area contributed by atoms with Crippen molar-refractivity contribution < 1.29 is 0 Å². The average molecular weight is 504 g/mol. The summed E-state index contributed by atoms with van der Waals surface area (Å²) in [6, 6.07) is 42.9. The molecule has 8 aromatic rings. The second kappa shape index (κ2) is 8.37. The zero-order chi connectivity index (χ0) is 25.1. The van der Waals surface area contributed by atoms with E-state index in [1.54, 1.807) is 11.3 Å². The fraction of sp³-hybridized carbons (Fsp3) is 0. The summed E-state index contributed by atoms with van der Waals surface area (Å²) in [5.74, 6) is 0.696. The first-order valence-electron chi connectivity index (χ1n) is 12.7. The lowest BCUT2D eigenvalue weighted by molar-refractivity contribution is 1.02. The van der Waals surface area contributed by atoms with E-state index in [0.717, 1.165) is 32.5 Å². The highest BCUT2D eigenvalue weighted by atomic mass is 32.1. The van der Waals surface area contributed by atoms with Gasteiger partial charge in [-0.3, -0.25) is 4.57 Å². The van der Waals surface area contributed by atoms with Crippen LogP contribution in [0.2, 0.25) is 0 Å². The standard InChI is InChI=1S/C34H21N3S/c1-2-10-25-22(8-1)9-7-13-26(25)23-16-18-24(19-17-23)32-33-29(20-21-38-33)35-34(36-32)37-30-14-5-3-11-27(30)28-12-4-6-15-31(28)37/h1-21H. The Hall–Kier alpha value is -4.80. The Morgan fingerprint density at radius 2 is 1.16 bits per heavy atom. The monoisotopic (exact) mass is 503 g/mol. The van der Waals surface area contributed by atoms with E-state index in [0.29, 0.717) is 5.95 Å². The maximum atomic E-state index is 5.20. The second-order valence-corrected chi connectivity index (χ2v) is 10.4. The SMILES string of the molecule is c1ccc2c(-c3ccc(-c4nc(-n5c6ccccc6c6ccccc65)nc5ccsc45)cc3)cccc2c1. The highest BCUT2D eigenvalue weighted by Crippen LogP contribution is 2.36. The summed E-state index contributed by atoms with van der Waals surface area (Å²) in [5.41, 5.74) is 7.68. The van der Waals surface area contributed by atoms with Gasteiger partial charge in [-0.1, -0.05) is 103 Å². The lowest BCUT2D eigenvalue weighted by atomic mass is 9.97. The molecule has 5 aromatic carbocycles. The number of para-hydroxylation sites is 2. The van der Waals surface area contributed by atoms with Crippen molar-refractivity contribution in [2.45, 2.75) is 0 Å². The van der Waals surface area contributed by atoms with Gasteiger partial charge in [-0.15, -0.1) is 11.3 Å². The van der Waals surface area contributed by atoms with E-state index >= 15 is 0 Å². The highest BCUT2D eigenvalue weighted by Gasteiger charge is 2.17. The van der Waals surface area contributed by atoms with Crippen molar-refractivity contribution in [3.05, 3.63) is 127 Å². The molecular weight excluding hydrogens is 482 g/mol. The van der Waals surface area contributed by atoms with Crippen LogP contribution in [0.1, 0.15) is 0 Å². The molecule has 0 bridgehead atoms. The van der Waals surface area contributed by atoms with Gasteiger partial charge in [0, 0.05) is 16.3 Å². The molecule has 3 aromatic heterocycles. The smallest absolute Gasteiger partial charge is 0.235 e. The van der Waals surface area contributed by atoms with Crippen molar-refractivity contribution in [3.8, 4) is 28.3 Å². The van der Waals surface area contributed by atoms with Gasteiger partial charge >= 0.3 is 0 Å². The van der Waals surface area contributed by atoms with Gasteiger partial charge in [0.15, 0.2) is 0 Å². The van der Waals surface area contributed by atoms with Crippen molar-refractivity contribution in [1.29, 1.82) is 0 Å². The van der Waals surface area contributed by atoms with Gasteiger partial charge in [0.1, 0.15) is 0 Å². The number of hydrogen-bond acceptors (Lipinski definition) is 3. The molecule has 0 saturated heterocycles. The van der Waals surface area contributed by atoms with E-state index in [1.807, 2.05) is 0 Å². The van der Waals surface area contributed by atoms with E-state index < -0.39 is 0 Å².